The lowest BCUT2D eigenvalue weighted by Crippen LogP contribution is -2.38. The van der Waals surface area contributed by atoms with Crippen LogP contribution in [0.5, 0.6) is 0 Å². The summed E-state index contributed by atoms with van der Waals surface area (Å²) < 4.78 is 15.5. The highest BCUT2D eigenvalue weighted by molar-refractivity contribution is 5.90. The van der Waals surface area contributed by atoms with Gasteiger partial charge in [-0.3, -0.25) is 4.98 Å². The SMILES string of the molecule is Fc1ccc(/C=C/c2nn(C(c3ccccc3)(c3ccccc3)c3ccccc3)c3cn[c]cc23)cc1. The van der Waals surface area contributed by atoms with Crippen LogP contribution in [0.4, 0.5) is 4.39 Å². The molecule has 0 fully saturated rings. The molecule has 0 aliphatic carbocycles. The Balaban J connectivity index is 1.67. The Morgan fingerprint density at radius 3 is 1.76 bits per heavy atom. The van der Waals surface area contributed by atoms with Crippen LogP contribution in [0, 0.1) is 12.0 Å². The standard InChI is InChI=1S/C33H23FN3/c34-29-19-16-25(17-20-29)18-21-31-30-22-23-35-24-32(30)37(36-31)33(26-10-4-1-5-11-26,27-12-6-2-7-13-27)28-14-8-3-9-15-28/h1-22,24H/b21-18+. The number of fused-ring (bicyclic) bond motifs is 1. The predicted molar refractivity (Wildman–Crippen MR) is 146 cm³/mol. The minimum Gasteiger partial charge on any atom is -0.252 e. The van der Waals surface area contributed by atoms with Gasteiger partial charge in [-0.05, 0) is 46.5 Å². The summed E-state index contributed by atoms with van der Waals surface area (Å²) in [6, 6.07) is 39.6. The molecule has 2 heterocycles. The van der Waals surface area contributed by atoms with E-state index in [2.05, 4.69) is 88.7 Å². The van der Waals surface area contributed by atoms with Gasteiger partial charge in [-0.25, -0.2) is 9.07 Å². The molecule has 0 saturated carbocycles. The Labute approximate surface area is 215 Å². The first-order chi connectivity index (χ1) is 18.3. The summed E-state index contributed by atoms with van der Waals surface area (Å²) in [4.78, 5) is 4.36. The van der Waals surface area contributed by atoms with Crippen LogP contribution in [0.1, 0.15) is 27.9 Å². The summed E-state index contributed by atoms with van der Waals surface area (Å²) in [5.74, 6) is -0.258. The number of aromatic nitrogens is 3. The van der Waals surface area contributed by atoms with E-state index >= 15 is 0 Å². The molecule has 0 saturated heterocycles. The molecule has 0 atom stereocenters. The van der Waals surface area contributed by atoms with Gasteiger partial charge in [0.1, 0.15) is 11.4 Å². The van der Waals surface area contributed by atoms with Crippen LogP contribution >= 0.6 is 0 Å². The highest BCUT2D eigenvalue weighted by atomic mass is 19.1. The normalized spacial score (nSPS) is 11.8. The first-order valence-corrected chi connectivity index (χ1v) is 12.1. The summed E-state index contributed by atoms with van der Waals surface area (Å²) in [6.45, 7) is 0. The van der Waals surface area contributed by atoms with Gasteiger partial charge in [-0.15, -0.1) is 0 Å². The van der Waals surface area contributed by atoms with Gasteiger partial charge >= 0.3 is 0 Å². The van der Waals surface area contributed by atoms with Gasteiger partial charge in [0.15, 0.2) is 0 Å². The molecule has 0 aliphatic rings. The molecule has 0 N–H and O–H groups in total. The Bertz CT molecular complexity index is 1560. The van der Waals surface area contributed by atoms with E-state index in [0.717, 1.165) is 38.9 Å². The zero-order valence-electron chi connectivity index (χ0n) is 20.0. The van der Waals surface area contributed by atoms with E-state index < -0.39 is 5.54 Å². The van der Waals surface area contributed by atoms with Gasteiger partial charge < -0.3 is 0 Å². The largest absolute Gasteiger partial charge is 0.252 e. The van der Waals surface area contributed by atoms with Gasteiger partial charge in [0, 0.05) is 5.39 Å². The molecule has 0 bridgehead atoms. The molecule has 3 nitrogen and oxygen atoms in total. The van der Waals surface area contributed by atoms with Crippen molar-refractivity contribution < 1.29 is 4.39 Å². The Morgan fingerprint density at radius 1 is 0.676 bits per heavy atom. The molecular formula is C33H23FN3. The van der Waals surface area contributed by atoms with Gasteiger partial charge in [-0.2, -0.15) is 5.10 Å². The van der Waals surface area contributed by atoms with E-state index in [1.54, 1.807) is 12.1 Å². The molecule has 0 spiro atoms. The van der Waals surface area contributed by atoms with E-state index in [1.807, 2.05) is 42.6 Å². The summed E-state index contributed by atoms with van der Waals surface area (Å²) in [6.07, 6.45) is 8.71. The lowest BCUT2D eigenvalue weighted by Gasteiger charge is -2.36. The fraction of sp³-hybridized carbons (Fsp3) is 0.0303. The molecule has 6 rings (SSSR count). The van der Waals surface area contributed by atoms with Crippen LogP contribution in [0.25, 0.3) is 23.1 Å². The maximum Gasteiger partial charge on any atom is 0.138 e. The zero-order chi connectivity index (χ0) is 25.1. The van der Waals surface area contributed by atoms with Gasteiger partial charge in [0.25, 0.3) is 0 Å². The maximum atomic E-state index is 13.4. The minimum atomic E-state index is -0.757. The molecule has 2 aromatic heterocycles. The fourth-order valence-corrected chi connectivity index (χ4v) is 4.97. The minimum absolute atomic E-state index is 0.258. The van der Waals surface area contributed by atoms with Crippen molar-refractivity contribution in [1.82, 2.24) is 14.8 Å². The fourth-order valence-electron chi connectivity index (χ4n) is 4.97. The number of halogens is 1. The smallest absolute Gasteiger partial charge is 0.138 e. The summed E-state index contributed by atoms with van der Waals surface area (Å²) in [5, 5.41) is 6.15. The van der Waals surface area contributed by atoms with E-state index in [4.69, 9.17) is 5.10 Å². The topological polar surface area (TPSA) is 30.7 Å². The van der Waals surface area contributed by atoms with Crippen molar-refractivity contribution in [3.05, 3.63) is 167 Å². The predicted octanol–water partition coefficient (Wildman–Crippen LogP) is 7.38. The number of benzene rings is 4. The number of nitrogens with zero attached hydrogens (tertiary/aromatic N) is 3. The lowest BCUT2D eigenvalue weighted by molar-refractivity contribution is 0.475. The van der Waals surface area contributed by atoms with Crippen LogP contribution in [0.3, 0.4) is 0 Å². The lowest BCUT2D eigenvalue weighted by atomic mass is 9.77. The Kier molecular flexibility index (Phi) is 5.91. The molecule has 0 amide bonds. The Morgan fingerprint density at radius 2 is 1.22 bits per heavy atom. The second kappa shape index (κ2) is 9.67. The van der Waals surface area contributed by atoms with Gasteiger partial charge in [-0.1, -0.05) is 109 Å². The number of rotatable bonds is 6. The summed E-state index contributed by atoms with van der Waals surface area (Å²) >= 11 is 0. The second-order valence-electron chi connectivity index (χ2n) is 8.82. The molecule has 6 aromatic rings. The molecule has 177 valence electrons. The highest BCUT2D eigenvalue weighted by Crippen LogP contribution is 2.42. The third-order valence-corrected chi connectivity index (χ3v) is 6.65. The molecule has 1 radical (unpaired) electrons. The third-order valence-electron chi connectivity index (χ3n) is 6.65. The highest BCUT2D eigenvalue weighted by Gasteiger charge is 2.40. The third kappa shape index (κ3) is 4.03. The molecule has 4 heteroatoms. The van der Waals surface area contributed by atoms with Crippen LogP contribution in [-0.4, -0.2) is 14.8 Å². The number of hydrogen-bond acceptors (Lipinski definition) is 2. The van der Waals surface area contributed by atoms with E-state index in [9.17, 15) is 4.39 Å². The van der Waals surface area contributed by atoms with E-state index in [0.29, 0.717) is 0 Å². The average molecular weight is 481 g/mol. The molecule has 0 aliphatic heterocycles. The maximum absolute atomic E-state index is 13.4. The second-order valence-corrected chi connectivity index (χ2v) is 8.82. The van der Waals surface area contributed by atoms with E-state index in [1.165, 1.54) is 12.1 Å². The van der Waals surface area contributed by atoms with Crippen LogP contribution in [0.15, 0.2) is 128 Å². The van der Waals surface area contributed by atoms with Crippen molar-refractivity contribution in [2.24, 2.45) is 0 Å². The van der Waals surface area contributed by atoms with Crippen LogP contribution in [0.2, 0.25) is 0 Å². The molecule has 0 unspecified atom stereocenters. The summed E-state index contributed by atoms with van der Waals surface area (Å²) in [7, 11) is 0. The van der Waals surface area contributed by atoms with Crippen LogP contribution < -0.4 is 0 Å². The molecule has 4 aromatic carbocycles. The van der Waals surface area contributed by atoms with Gasteiger partial charge in [0.2, 0.25) is 0 Å². The quantitative estimate of drug-likeness (QED) is 0.233. The molecule has 37 heavy (non-hydrogen) atoms. The molecular weight excluding hydrogens is 457 g/mol. The van der Waals surface area contributed by atoms with Gasteiger partial charge in [0.05, 0.1) is 23.6 Å². The van der Waals surface area contributed by atoms with Crippen molar-refractivity contribution in [3.63, 3.8) is 0 Å². The number of hydrogen-bond donors (Lipinski definition) is 0. The van der Waals surface area contributed by atoms with Crippen molar-refractivity contribution in [1.29, 1.82) is 0 Å². The first kappa shape index (κ1) is 22.6. The van der Waals surface area contributed by atoms with Crippen molar-refractivity contribution in [2.45, 2.75) is 5.54 Å². The van der Waals surface area contributed by atoms with Crippen molar-refractivity contribution in [2.75, 3.05) is 0 Å². The van der Waals surface area contributed by atoms with Crippen molar-refractivity contribution >= 4 is 23.1 Å². The summed E-state index contributed by atoms with van der Waals surface area (Å²) in [5.41, 5.74) is 5.05. The monoisotopic (exact) mass is 480 g/mol. The number of pyridine rings is 1. The van der Waals surface area contributed by atoms with E-state index in [-0.39, 0.29) is 5.82 Å². The van der Waals surface area contributed by atoms with Crippen molar-refractivity contribution in [3.8, 4) is 0 Å². The van der Waals surface area contributed by atoms with Crippen LogP contribution in [-0.2, 0) is 5.54 Å². The first-order valence-electron chi connectivity index (χ1n) is 12.1. The average Bonchev–Trinajstić information content (AvgIpc) is 3.34. The Hall–Kier alpha value is -4.83. The zero-order valence-corrected chi connectivity index (χ0v) is 20.0.